The quantitative estimate of drug-likeness (QED) is 0.661. The van der Waals surface area contributed by atoms with Gasteiger partial charge in [-0.05, 0) is 43.9 Å². The third kappa shape index (κ3) is 6.13. The van der Waals surface area contributed by atoms with Crippen molar-refractivity contribution in [3.8, 4) is 0 Å². The number of allylic oxidation sites excluding steroid dienone is 3. The van der Waals surface area contributed by atoms with Crippen LogP contribution in [0.5, 0.6) is 0 Å². The highest BCUT2D eigenvalue weighted by atomic mass is 16.7. The molecule has 1 aliphatic carbocycles. The Morgan fingerprint density at radius 2 is 1.40 bits per heavy atom. The van der Waals surface area contributed by atoms with Crippen LogP contribution in [0.1, 0.15) is 37.8 Å². The first-order valence-corrected chi connectivity index (χ1v) is 10.2. The van der Waals surface area contributed by atoms with Gasteiger partial charge in [-0.2, -0.15) is 5.90 Å². The molecule has 30 heavy (non-hydrogen) atoms. The van der Waals surface area contributed by atoms with Gasteiger partial charge in [0, 0.05) is 5.57 Å². The van der Waals surface area contributed by atoms with E-state index in [1.165, 1.54) is 16.7 Å². The number of hydrogen-bond donors (Lipinski definition) is 1. The molecule has 0 saturated heterocycles. The van der Waals surface area contributed by atoms with Crippen LogP contribution in [-0.4, -0.2) is 11.7 Å². The van der Waals surface area contributed by atoms with Gasteiger partial charge in [0.1, 0.15) is 0 Å². The van der Waals surface area contributed by atoms with E-state index in [2.05, 4.69) is 54.9 Å². The Balaban J connectivity index is 0.000000188. The summed E-state index contributed by atoms with van der Waals surface area (Å²) in [6.45, 7) is 8.25. The van der Waals surface area contributed by atoms with Crippen LogP contribution in [0.15, 0.2) is 100 Å². The fourth-order valence-corrected chi connectivity index (χ4v) is 3.19. The topological polar surface area (TPSA) is 64.7 Å². The van der Waals surface area contributed by atoms with Crippen molar-refractivity contribution in [3.63, 3.8) is 0 Å². The minimum absolute atomic E-state index is 0.352. The maximum atomic E-state index is 11.5. The molecule has 0 saturated carbocycles. The summed E-state index contributed by atoms with van der Waals surface area (Å²) in [5, 5.41) is 0. The SMILES string of the molecule is CCC1=CC=C2N=C(C(=O)ON)C(CC)=C12.Cc1ccccc1.Cc1ccccc1. The molecule has 1 aliphatic heterocycles. The molecule has 0 bridgehead atoms. The predicted molar refractivity (Wildman–Crippen MR) is 124 cm³/mol. The average Bonchev–Trinajstić information content (AvgIpc) is 3.34. The molecule has 2 aliphatic rings. The van der Waals surface area contributed by atoms with E-state index in [4.69, 9.17) is 5.90 Å². The van der Waals surface area contributed by atoms with Gasteiger partial charge < -0.3 is 4.84 Å². The molecule has 2 aromatic carbocycles. The van der Waals surface area contributed by atoms with Crippen LogP contribution in [-0.2, 0) is 9.63 Å². The summed E-state index contributed by atoms with van der Waals surface area (Å²) in [6.07, 6.45) is 5.66. The predicted octanol–water partition coefficient (Wildman–Crippen LogP) is 5.79. The molecule has 0 radical (unpaired) electrons. The van der Waals surface area contributed by atoms with Gasteiger partial charge in [0.05, 0.1) is 5.70 Å². The maximum Gasteiger partial charge on any atom is 0.375 e. The Morgan fingerprint density at radius 1 is 0.867 bits per heavy atom. The van der Waals surface area contributed by atoms with E-state index in [1.807, 2.05) is 55.5 Å². The summed E-state index contributed by atoms with van der Waals surface area (Å²) < 4.78 is 0. The van der Waals surface area contributed by atoms with E-state index in [-0.39, 0.29) is 0 Å². The van der Waals surface area contributed by atoms with E-state index >= 15 is 0 Å². The van der Waals surface area contributed by atoms with Crippen molar-refractivity contribution < 1.29 is 9.63 Å². The Hall–Kier alpha value is -3.24. The molecular weight excluding hydrogens is 372 g/mol. The smallest absolute Gasteiger partial charge is 0.368 e. The van der Waals surface area contributed by atoms with Crippen LogP contribution in [0.2, 0.25) is 0 Å². The number of carbonyl (C=O) groups excluding carboxylic acids is 1. The van der Waals surface area contributed by atoms with Gasteiger partial charge >= 0.3 is 5.97 Å². The molecule has 1 heterocycles. The van der Waals surface area contributed by atoms with E-state index in [1.54, 1.807) is 0 Å². The molecule has 0 unspecified atom stereocenters. The highest BCUT2D eigenvalue weighted by molar-refractivity contribution is 6.44. The molecule has 156 valence electrons. The van der Waals surface area contributed by atoms with E-state index in [0.717, 1.165) is 29.7 Å². The molecule has 0 spiro atoms. The van der Waals surface area contributed by atoms with Gasteiger partial charge in [-0.1, -0.05) is 91.7 Å². The first-order valence-electron chi connectivity index (χ1n) is 10.2. The van der Waals surface area contributed by atoms with Crippen molar-refractivity contribution in [2.24, 2.45) is 10.9 Å². The molecule has 4 rings (SSSR count). The number of rotatable bonds is 3. The summed E-state index contributed by atoms with van der Waals surface area (Å²) in [5.41, 5.74) is 7.09. The summed E-state index contributed by atoms with van der Waals surface area (Å²) in [5.74, 6) is 4.34. The number of benzene rings is 2. The van der Waals surface area contributed by atoms with Crippen LogP contribution < -0.4 is 5.90 Å². The monoisotopic (exact) mass is 402 g/mol. The van der Waals surface area contributed by atoms with E-state index in [0.29, 0.717) is 5.71 Å². The third-order valence-electron chi connectivity index (χ3n) is 4.76. The molecule has 2 aromatic rings. The number of fused-ring (bicyclic) bond motifs is 1. The van der Waals surface area contributed by atoms with Gasteiger partial charge in [-0.25, -0.2) is 9.79 Å². The molecule has 0 aromatic heterocycles. The number of carbonyl (C=O) groups is 1. The first-order chi connectivity index (χ1) is 14.5. The van der Waals surface area contributed by atoms with E-state index < -0.39 is 5.97 Å². The highest BCUT2D eigenvalue weighted by Crippen LogP contribution is 2.38. The lowest BCUT2D eigenvalue weighted by atomic mass is 9.97. The lowest BCUT2D eigenvalue weighted by molar-refractivity contribution is -0.135. The standard InChI is InChI=1S/C12H14N2O2.2C7H8/c1-3-7-5-6-9-10(7)8(4-2)11(14-9)12(15)16-13;2*1-7-5-3-2-4-6-7/h5-6H,3-4,13H2,1-2H3;2*2-6H,1H3. The number of aryl methyl sites for hydroxylation is 2. The third-order valence-corrected chi connectivity index (χ3v) is 4.76. The lowest BCUT2D eigenvalue weighted by Gasteiger charge is -2.06. The Bertz CT molecular complexity index is 931. The summed E-state index contributed by atoms with van der Waals surface area (Å²) in [7, 11) is 0. The molecule has 4 nitrogen and oxygen atoms in total. The fourth-order valence-electron chi connectivity index (χ4n) is 3.19. The number of nitrogens with zero attached hydrogens (tertiary/aromatic N) is 1. The zero-order valence-electron chi connectivity index (χ0n) is 18.2. The van der Waals surface area contributed by atoms with Crippen molar-refractivity contribution >= 4 is 11.7 Å². The summed E-state index contributed by atoms with van der Waals surface area (Å²) in [4.78, 5) is 20.0. The second-order valence-electron chi connectivity index (χ2n) is 6.98. The Kier molecular flexibility index (Phi) is 8.98. The maximum absolute atomic E-state index is 11.5. The molecule has 4 heteroatoms. The second kappa shape index (κ2) is 11.7. The highest BCUT2D eigenvalue weighted by Gasteiger charge is 2.31. The summed E-state index contributed by atoms with van der Waals surface area (Å²) >= 11 is 0. The van der Waals surface area contributed by atoms with Crippen LogP contribution in [0.25, 0.3) is 0 Å². The molecule has 0 amide bonds. The molecule has 2 N–H and O–H groups in total. The van der Waals surface area contributed by atoms with Crippen molar-refractivity contribution in [1.29, 1.82) is 0 Å². The number of nitrogens with two attached hydrogens (primary N) is 1. The van der Waals surface area contributed by atoms with Gasteiger partial charge in [0.2, 0.25) is 0 Å². The van der Waals surface area contributed by atoms with Gasteiger partial charge in [0.25, 0.3) is 0 Å². The van der Waals surface area contributed by atoms with Gasteiger partial charge in [-0.15, -0.1) is 0 Å². The van der Waals surface area contributed by atoms with E-state index in [9.17, 15) is 4.79 Å². The Morgan fingerprint density at radius 3 is 1.77 bits per heavy atom. The second-order valence-corrected chi connectivity index (χ2v) is 6.98. The summed E-state index contributed by atoms with van der Waals surface area (Å²) in [6, 6.07) is 20.5. The molecule has 0 atom stereocenters. The minimum Gasteiger partial charge on any atom is -0.368 e. The van der Waals surface area contributed by atoms with Crippen molar-refractivity contribution in [2.75, 3.05) is 0 Å². The van der Waals surface area contributed by atoms with Crippen LogP contribution >= 0.6 is 0 Å². The largest absolute Gasteiger partial charge is 0.375 e. The van der Waals surface area contributed by atoms with Crippen LogP contribution in [0.3, 0.4) is 0 Å². The zero-order valence-corrected chi connectivity index (χ0v) is 18.2. The van der Waals surface area contributed by atoms with Crippen LogP contribution in [0.4, 0.5) is 0 Å². The van der Waals surface area contributed by atoms with Crippen molar-refractivity contribution in [3.05, 3.63) is 106 Å². The van der Waals surface area contributed by atoms with Crippen molar-refractivity contribution in [2.45, 2.75) is 40.5 Å². The minimum atomic E-state index is -0.560. The van der Waals surface area contributed by atoms with Gasteiger partial charge in [0.15, 0.2) is 5.71 Å². The average molecular weight is 403 g/mol. The lowest BCUT2D eigenvalue weighted by Crippen LogP contribution is -2.21. The number of aliphatic imine (C=N–C) groups is 1. The van der Waals surface area contributed by atoms with Gasteiger partial charge in [-0.3, -0.25) is 0 Å². The van der Waals surface area contributed by atoms with Crippen LogP contribution in [0, 0.1) is 13.8 Å². The normalized spacial score (nSPS) is 13.7. The molecular formula is C26H30N2O2. The zero-order chi connectivity index (χ0) is 21.9. The molecule has 0 fully saturated rings. The number of hydrogen-bond acceptors (Lipinski definition) is 4. The fraction of sp³-hybridized carbons (Fsp3) is 0.231. The first kappa shape index (κ1) is 23.0. The van der Waals surface area contributed by atoms with Crippen molar-refractivity contribution in [1.82, 2.24) is 0 Å². The Labute approximate surface area is 179 Å².